The second kappa shape index (κ2) is 6.24. The summed E-state index contributed by atoms with van der Waals surface area (Å²) >= 11 is 0. The predicted molar refractivity (Wildman–Crippen MR) is 86.0 cm³/mol. The Hall–Kier alpha value is -2.63. The van der Waals surface area contributed by atoms with E-state index in [0.29, 0.717) is 25.8 Å². The van der Waals surface area contributed by atoms with Crippen LogP contribution in [0.15, 0.2) is 42.7 Å². The molecule has 2 N–H and O–H groups in total. The number of benzene rings is 1. The fraction of sp³-hybridized carbons (Fsp3) is 0.353. The Labute approximate surface area is 134 Å². The third-order valence-electron chi connectivity index (χ3n) is 4.20. The highest BCUT2D eigenvalue weighted by molar-refractivity contribution is 6.07. The first-order valence-electron chi connectivity index (χ1n) is 7.75. The second-order valence-electron chi connectivity index (χ2n) is 5.80. The summed E-state index contributed by atoms with van der Waals surface area (Å²) < 4.78 is 1.81. The molecule has 0 radical (unpaired) electrons. The lowest BCUT2D eigenvalue weighted by Gasteiger charge is -2.13. The molecule has 120 valence electrons. The average Bonchev–Trinajstić information content (AvgIpc) is 3.28. The first kappa shape index (κ1) is 15.3. The number of carbonyl (C=O) groups excluding carboxylic acids is 2. The summed E-state index contributed by atoms with van der Waals surface area (Å²) in [4.78, 5) is 23.9. The van der Waals surface area contributed by atoms with E-state index in [4.69, 9.17) is 0 Å². The van der Waals surface area contributed by atoms with Gasteiger partial charge in [0, 0.05) is 19.8 Å². The van der Waals surface area contributed by atoms with E-state index in [1.807, 2.05) is 41.2 Å². The molecule has 1 saturated carbocycles. The molecular formula is C17H20N4O2. The summed E-state index contributed by atoms with van der Waals surface area (Å²) in [7, 11) is 1.56. The molecule has 0 aliphatic heterocycles. The van der Waals surface area contributed by atoms with Crippen LogP contribution in [0.3, 0.4) is 0 Å². The average molecular weight is 312 g/mol. The number of nitrogens with zero attached hydrogens (tertiary/aromatic N) is 2. The summed E-state index contributed by atoms with van der Waals surface area (Å²) in [5.74, 6) is -0.362. The van der Waals surface area contributed by atoms with Crippen LogP contribution in [0.2, 0.25) is 0 Å². The van der Waals surface area contributed by atoms with Crippen molar-refractivity contribution in [3.8, 4) is 5.69 Å². The molecule has 0 spiro atoms. The van der Waals surface area contributed by atoms with Gasteiger partial charge in [-0.15, -0.1) is 0 Å². The van der Waals surface area contributed by atoms with Crippen LogP contribution in [-0.4, -0.2) is 35.2 Å². The van der Waals surface area contributed by atoms with Crippen molar-refractivity contribution in [3.63, 3.8) is 0 Å². The zero-order valence-corrected chi connectivity index (χ0v) is 13.1. The highest BCUT2D eigenvalue weighted by Crippen LogP contribution is 2.45. The Morgan fingerprint density at radius 2 is 1.96 bits per heavy atom. The van der Waals surface area contributed by atoms with Crippen molar-refractivity contribution in [2.24, 2.45) is 5.41 Å². The highest BCUT2D eigenvalue weighted by atomic mass is 16.2. The van der Waals surface area contributed by atoms with Crippen LogP contribution in [-0.2, 0) is 16.0 Å². The van der Waals surface area contributed by atoms with Crippen LogP contribution >= 0.6 is 0 Å². The molecule has 23 heavy (non-hydrogen) atoms. The molecular weight excluding hydrogens is 292 g/mol. The maximum absolute atomic E-state index is 12.2. The van der Waals surface area contributed by atoms with Crippen LogP contribution in [0.25, 0.3) is 5.69 Å². The van der Waals surface area contributed by atoms with Gasteiger partial charge in [-0.05, 0) is 37.0 Å². The number of carbonyl (C=O) groups is 2. The van der Waals surface area contributed by atoms with Crippen molar-refractivity contribution in [2.75, 3.05) is 13.6 Å². The molecule has 0 saturated heterocycles. The Balaban J connectivity index is 1.53. The van der Waals surface area contributed by atoms with Gasteiger partial charge in [-0.25, -0.2) is 4.68 Å². The van der Waals surface area contributed by atoms with Crippen LogP contribution in [0, 0.1) is 5.41 Å². The van der Waals surface area contributed by atoms with E-state index in [1.54, 1.807) is 13.2 Å². The quantitative estimate of drug-likeness (QED) is 0.783. The third kappa shape index (κ3) is 3.11. The first-order valence-corrected chi connectivity index (χ1v) is 7.75. The van der Waals surface area contributed by atoms with Crippen LogP contribution in [0.4, 0.5) is 0 Å². The van der Waals surface area contributed by atoms with Crippen molar-refractivity contribution in [3.05, 3.63) is 48.3 Å². The molecule has 0 unspecified atom stereocenters. The number of aromatic nitrogens is 2. The smallest absolute Gasteiger partial charge is 0.235 e. The van der Waals surface area contributed by atoms with Gasteiger partial charge in [-0.1, -0.05) is 18.2 Å². The monoisotopic (exact) mass is 312 g/mol. The van der Waals surface area contributed by atoms with Gasteiger partial charge in [-0.2, -0.15) is 5.10 Å². The number of nitrogens with one attached hydrogen (secondary N) is 2. The van der Waals surface area contributed by atoms with Crippen molar-refractivity contribution >= 4 is 11.8 Å². The predicted octanol–water partition coefficient (Wildman–Crippen LogP) is 1.06. The van der Waals surface area contributed by atoms with Gasteiger partial charge in [0.05, 0.1) is 11.9 Å². The van der Waals surface area contributed by atoms with E-state index < -0.39 is 5.41 Å². The molecule has 1 fully saturated rings. The Bertz CT molecular complexity index is 704. The molecule has 1 aromatic heterocycles. The molecule has 0 bridgehead atoms. The summed E-state index contributed by atoms with van der Waals surface area (Å²) in [5.41, 5.74) is 1.21. The van der Waals surface area contributed by atoms with E-state index in [-0.39, 0.29) is 11.8 Å². The van der Waals surface area contributed by atoms with E-state index in [0.717, 1.165) is 11.3 Å². The van der Waals surface area contributed by atoms with Crippen molar-refractivity contribution in [1.29, 1.82) is 0 Å². The summed E-state index contributed by atoms with van der Waals surface area (Å²) in [6.45, 7) is 0.498. The van der Waals surface area contributed by atoms with Gasteiger partial charge >= 0.3 is 0 Å². The Morgan fingerprint density at radius 3 is 2.61 bits per heavy atom. The maximum Gasteiger partial charge on any atom is 0.235 e. The lowest BCUT2D eigenvalue weighted by molar-refractivity contribution is -0.136. The molecule has 1 aromatic carbocycles. The van der Waals surface area contributed by atoms with E-state index >= 15 is 0 Å². The van der Waals surface area contributed by atoms with E-state index in [9.17, 15) is 9.59 Å². The standard InChI is InChI=1S/C17H20N4O2/c1-18-15(22)17(8-9-17)16(23)19-10-7-13-11-20-21(12-13)14-5-3-2-4-6-14/h2-6,11-12H,7-10H2,1H3,(H,18,22)(H,19,23). The Kier molecular flexibility index (Phi) is 4.14. The Morgan fingerprint density at radius 1 is 1.22 bits per heavy atom. The lowest BCUT2D eigenvalue weighted by atomic mass is 10.1. The largest absolute Gasteiger partial charge is 0.358 e. The molecule has 2 amide bonds. The fourth-order valence-electron chi connectivity index (χ4n) is 2.62. The van der Waals surface area contributed by atoms with Crippen LogP contribution in [0.1, 0.15) is 18.4 Å². The summed E-state index contributed by atoms with van der Waals surface area (Å²) in [5, 5.41) is 9.75. The molecule has 6 heteroatoms. The number of amides is 2. The van der Waals surface area contributed by atoms with Gasteiger partial charge in [0.25, 0.3) is 0 Å². The fourth-order valence-corrected chi connectivity index (χ4v) is 2.62. The van der Waals surface area contributed by atoms with Crippen molar-refractivity contribution < 1.29 is 9.59 Å². The topological polar surface area (TPSA) is 76.0 Å². The molecule has 2 aromatic rings. The lowest BCUT2D eigenvalue weighted by Crippen LogP contribution is -2.42. The highest BCUT2D eigenvalue weighted by Gasteiger charge is 2.55. The minimum Gasteiger partial charge on any atom is -0.358 e. The van der Waals surface area contributed by atoms with Crippen molar-refractivity contribution in [1.82, 2.24) is 20.4 Å². The molecule has 1 aliphatic rings. The zero-order chi connectivity index (χ0) is 16.3. The summed E-state index contributed by atoms with van der Waals surface area (Å²) in [6.07, 6.45) is 5.69. The molecule has 1 aliphatic carbocycles. The number of para-hydroxylation sites is 1. The number of hydrogen-bond acceptors (Lipinski definition) is 3. The zero-order valence-electron chi connectivity index (χ0n) is 13.1. The normalized spacial score (nSPS) is 15.0. The van der Waals surface area contributed by atoms with Crippen molar-refractivity contribution in [2.45, 2.75) is 19.3 Å². The van der Waals surface area contributed by atoms with E-state index in [2.05, 4.69) is 15.7 Å². The van der Waals surface area contributed by atoms with Gasteiger partial charge in [0.2, 0.25) is 11.8 Å². The maximum atomic E-state index is 12.2. The van der Waals surface area contributed by atoms with Gasteiger partial charge < -0.3 is 10.6 Å². The molecule has 6 nitrogen and oxygen atoms in total. The third-order valence-corrected chi connectivity index (χ3v) is 4.20. The molecule has 1 heterocycles. The van der Waals surface area contributed by atoms with Gasteiger partial charge in [-0.3, -0.25) is 9.59 Å². The second-order valence-corrected chi connectivity index (χ2v) is 5.80. The van der Waals surface area contributed by atoms with Crippen LogP contribution < -0.4 is 10.6 Å². The minimum atomic E-state index is -0.830. The van der Waals surface area contributed by atoms with Crippen LogP contribution in [0.5, 0.6) is 0 Å². The minimum absolute atomic E-state index is 0.174. The van der Waals surface area contributed by atoms with E-state index in [1.165, 1.54) is 0 Å². The molecule has 3 rings (SSSR count). The molecule has 0 atom stereocenters. The summed E-state index contributed by atoms with van der Waals surface area (Å²) in [6, 6.07) is 9.86. The number of hydrogen-bond donors (Lipinski definition) is 2. The van der Waals surface area contributed by atoms with Gasteiger partial charge in [0.15, 0.2) is 0 Å². The SMILES string of the molecule is CNC(=O)C1(C(=O)NCCc2cnn(-c3ccccc3)c2)CC1. The number of rotatable bonds is 6. The first-order chi connectivity index (χ1) is 11.2. The van der Waals surface area contributed by atoms with Gasteiger partial charge in [0.1, 0.15) is 5.41 Å².